The van der Waals surface area contributed by atoms with Gasteiger partial charge in [0, 0.05) is 31.9 Å². The van der Waals surface area contributed by atoms with Crippen molar-refractivity contribution in [1.29, 1.82) is 0 Å². The van der Waals surface area contributed by atoms with E-state index in [0.29, 0.717) is 12.5 Å². The fourth-order valence-electron chi connectivity index (χ4n) is 3.65. The van der Waals surface area contributed by atoms with Gasteiger partial charge in [0.15, 0.2) is 5.96 Å². The summed E-state index contributed by atoms with van der Waals surface area (Å²) in [5, 5.41) is 21.7. The van der Waals surface area contributed by atoms with Crippen molar-refractivity contribution in [3.8, 4) is 0 Å². The molecule has 1 aliphatic rings. The van der Waals surface area contributed by atoms with Crippen LogP contribution in [-0.4, -0.2) is 58.5 Å². The Labute approximate surface area is 173 Å². The lowest BCUT2D eigenvalue weighted by Crippen LogP contribution is -2.43. The minimum atomic E-state index is -1.08. The summed E-state index contributed by atoms with van der Waals surface area (Å²) in [4.78, 5) is 7.09. The van der Waals surface area contributed by atoms with Crippen LogP contribution in [0.15, 0.2) is 33.9 Å². The second-order valence-corrected chi connectivity index (χ2v) is 7.96. The SMILES string of the molecule is CCNC(=NCC(C)(O)c1cnn(C)c1)NCC(c1ccc(C)o1)N1CCCC1. The van der Waals surface area contributed by atoms with E-state index >= 15 is 0 Å². The Balaban J connectivity index is 1.68. The van der Waals surface area contributed by atoms with Crippen LogP contribution in [0, 0.1) is 6.92 Å². The molecule has 2 unspecified atom stereocenters. The number of guanidine groups is 1. The number of aliphatic hydroxyl groups is 1. The van der Waals surface area contributed by atoms with Crippen LogP contribution >= 0.6 is 0 Å². The Morgan fingerprint density at radius 2 is 2.10 bits per heavy atom. The van der Waals surface area contributed by atoms with E-state index in [1.54, 1.807) is 17.8 Å². The van der Waals surface area contributed by atoms with Gasteiger partial charge in [0.2, 0.25) is 0 Å². The van der Waals surface area contributed by atoms with E-state index in [0.717, 1.165) is 36.7 Å². The molecule has 0 aliphatic carbocycles. The molecule has 1 saturated heterocycles. The molecule has 29 heavy (non-hydrogen) atoms. The number of aromatic nitrogens is 2. The molecule has 0 spiro atoms. The van der Waals surface area contributed by atoms with Gasteiger partial charge in [-0.3, -0.25) is 9.58 Å². The third kappa shape index (κ3) is 5.61. The van der Waals surface area contributed by atoms with E-state index in [4.69, 9.17) is 4.42 Å². The highest BCUT2D eigenvalue weighted by molar-refractivity contribution is 5.79. The van der Waals surface area contributed by atoms with Crippen molar-refractivity contribution in [2.75, 3.05) is 32.7 Å². The maximum atomic E-state index is 10.8. The number of rotatable bonds is 8. The van der Waals surface area contributed by atoms with E-state index in [9.17, 15) is 5.11 Å². The Morgan fingerprint density at radius 3 is 2.69 bits per heavy atom. The third-order valence-corrected chi connectivity index (χ3v) is 5.35. The van der Waals surface area contributed by atoms with Crippen molar-refractivity contribution in [1.82, 2.24) is 25.3 Å². The summed E-state index contributed by atoms with van der Waals surface area (Å²) in [7, 11) is 1.84. The molecular weight excluding hydrogens is 368 g/mol. The normalized spacial score (nSPS) is 18.6. The molecule has 8 heteroatoms. The molecule has 2 atom stereocenters. The molecule has 0 saturated carbocycles. The quantitative estimate of drug-likeness (QED) is 0.462. The number of nitrogens with one attached hydrogen (secondary N) is 2. The van der Waals surface area contributed by atoms with Gasteiger partial charge in [-0.2, -0.15) is 5.10 Å². The minimum absolute atomic E-state index is 0.161. The van der Waals surface area contributed by atoms with Gasteiger partial charge >= 0.3 is 0 Å². The van der Waals surface area contributed by atoms with Crippen LogP contribution in [0.4, 0.5) is 0 Å². The maximum absolute atomic E-state index is 10.8. The molecule has 0 aromatic carbocycles. The fraction of sp³-hybridized carbons (Fsp3) is 0.619. The number of likely N-dealkylation sites (tertiary alicyclic amines) is 1. The summed E-state index contributed by atoms with van der Waals surface area (Å²) in [5.74, 6) is 2.59. The minimum Gasteiger partial charge on any atom is -0.465 e. The predicted molar refractivity (Wildman–Crippen MR) is 114 cm³/mol. The lowest BCUT2D eigenvalue weighted by molar-refractivity contribution is 0.0671. The maximum Gasteiger partial charge on any atom is 0.191 e. The van der Waals surface area contributed by atoms with Crippen LogP contribution in [0.5, 0.6) is 0 Å². The molecule has 0 bridgehead atoms. The molecule has 0 amide bonds. The molecule has 160 valence electrons. The summed E-state index contributed by atoms with van der Waals surface area (Å²) in [6.45, 7) is 9.60. The van der Waals surface area contributed by atoms with Crippen LogP contribution in [0.1, 0.15) is 49.8 Å². The Bertz CT molecular complexity index is 804. The van der Waals surface area contributed by atoms with Gasteiger partial charge in [-0.1, -0.05) is 0 Å². The van der Waals surface area contributed by atoms with Gasteiger partial charge in [-0.15, -0.1) is 0 Å². The lowest BCUT2D eigenvalue weighted by atomic mass is 10.0. The van der Waals surface area contributed by atoms with E-state index in [2.05, 4.69) is 31.7 Å². The summed E-state index contributed by atoms with van der Waals surface area (Å²) in [5.41, 5.74) is -0.330. The van der Waals surface area contributed by atoms with Gasteiger partial charge in [0.1, 0.15) is 17.1 Å². The first-order chi connectivity index (χ1) is 13.9. The molecule has 2 aromatic rings. The Hall–Kier alpha value is -2.32. The number of hydrogen-bond acceptors (Lipinski definition) is 5. The molecule has 8 nitrogen and oxygen atoms in total. The predicted octanol–water partition coefficient (Wildman–Crippen LogP) is 1.92. The van der Waals surface area contributed by atoms with Gasteiger partial charge < -0.3 is 20.2 Å². The smallest absolute Gasteiger partial charge is 0.191 e. The first kappa shape index (κ1) is 21.4. The molecular formula is C21H34N6O2. The van der Waals surface area contributed by atoms with Gasteiger partial charge in [0.25, 0.3) is 0 Å². The molecule has 3 rings (SSSR count). The summed E-state index contributed by atoms with van der Waals surface area (Å²) in [6.07, 6.45) is 5.94. The monoisotopic (exact) mass is 402 g/mol. The molecule has 1 fully saturated rings. The van der Waals surface area contributed by atoms with Crippen molar-refractivity contribution in [3.63, 3.8) is 0 Å². The fourth-order valence-corrected chi connectivity index (χ4v) is 3.65. The second kappa shape index (κ2) is 9.45. The van der Waals surface area contributed by atoms with Crippen LogP contribution in [-0.2, 0) is 12.6 Å². The molecule has 3 N–H and O–H groups in total. The molecule has 3 heterocycles. The molecule has 1 aliphatic heterocycles. The van der Waals surface area contributed by atoms with E-state index in [1.165, 1.54) is 12.8 Å². The van der Waals surface area contributed by atoms with Crippen LogP contribution in [0.3, 0.4) is 0 Å². The van der Waals surface area contributed by atoms with Crippen molar-refractivity contribution in [3.05, 3.63) is 41.6 Å². The van der Waals surface area contributed by atoms with Gasteiger partial charge in [-0.05, 0) is 58.8 Å². The average molecular weight is 403 g/mol. The lowest BCUT2D eigenvalue weighted by Gasteiger charge is -2.27. The summed E-state index contributed by atoms with van der Waals surface area (Å²) < 4.78 is 7.62. The van der Waals surface area contributed by atoms with Crippen molar-refractivity contribution in [2.24, 2.45) is 12.0 Å². The number of aliphatic imine (C=N–C) groups is 1. The van der Waals surface area contributed by atoms with Crippen LogP contribution < -0.4 is 10.6 Å². The number of hydrogen-bond donors (Lipinski definition) is 3. The standard InChI is InChI=1S/C21H34N6O2/c1-5-22-20(24-15-21(3,28)17-12-25-26(4)14-17)23-13-18(27-10-6-7-11-27)19-9-8-16(2)29-19/h8-9,12,14,18,28H,5-7,10-11,13,15H2,1-4H3,(H2,22,23,24). The second-order valence-electron chi connectivity index (χ2n) is 7.96. The van der Waals surface area contributed by atoms with Gasteiger partial charge in [0.05, 0.1) is 18.8 Å². The van der Waals surface area contributed by atoms with Gasteiger partial charge in [-0.25, -0.2) is 4.99 Å². The van der Waals surface area contributed by atoms with E-state index in [1.807, 2.05) is 33.2 Å². The third-order valence-electron chi connectivity index (χ3n) is 5.35. The van der Waals surface area contributed by atoms with E-state index < -0.39 is 5.60 Å². The number of aryl methyl sites for hydroxylation is 2. The number of furan rings is 1. The summed E-state index contributed by atoms with van der Waals surface area (Å²) in [6, 6.07) is 4.24. The van der Waals surface area contributed by atoms with Crippen molar-refractivity contribution < 1.29 is 9.52 Å². The Kier molecular flexibility index (Phi) is 6.97. The average Bonchev–Trinajstić information content (AvgIpc) is 3.43. The largest absolute Gasteiger partial charge is 0.465 e. The first-order valence-electron chi connectivity index (χ1n) is 10.4. The van der Waals surface area contributed by atoms with Crippen molar-refractivity contribution >= 4 is 5.96 Å². The molecule has 0 radical (unpaired) electrons. The zero-order chi connectivity index (χ0) is 20.9. The van der Waals surface area contributed by atoms with Crippen LogP contribution in [0.2, 0.25) is 0 Å². The van der Waals surface area contributed by atoms with Crippen molar-refractivity contribution in [2.45, 2.75) is 45.3 Å². The highest BCUT2D eigenvalue weighted by Crippen LogP contribution is 2.26. The topological polar surface area (TPSA) is 90.8 Å². The zero-order valence-corrected chi connectivity index (χ0v) is 18.0. The first-order valence-corrected chi connectivity index (χ1v) is 10.4. The Morgan fingerprint density at radius 1 is 1.34 bits per heavy atom. The highest BCUT2D eigenvalue weighted by atomic mass is 16.3. The summed E-state index contributed by atoms with van der Waals surface area (Å²) >= 11 is 0. The van der Waals surface area contributed by atoms with Crippen LogP contribution in [0.25, 0.3) is 0 Å². The zero-order valence-electron chi connectivity index (χ0n) is 18.0. The highest BCUT2D eigenvalue weighted by Gasteiger charge is 2.27. The number of nitrogens with zero attached hydrogens (tertiary/aromatic N) is 4. The molecule has 2 aromatic heterocycles. The van der Waals surface area contributed by atoms with E-state index in [-0.39, 0.29) is 12.6 Å².